The molecule has 3 heterocycles. The van der Waals surface area contributed by atoms with Crippen molar-refractivity contribution in [1.82, 2.24) is 9.55 Å². The summed E-state index contributed by atoms with van der Waals surface area (Å²) in [6.07, 6.45) is 1.12. The molecule has 1 amide bonds. The Balaban J connectivity index is 0.000000151. The molecular weight excluding hydrogens is 360 g/mol. The number of benzene rings is 1. The fourth-order valence-electron chi connectivity index (χ4n) is 2.42. The van der Waals surface area contributed by atoms with Crippen LogP contribution in [0.1, 0.15) is 15.9 Å². The van der Waals surface area contributed by atoms with Gasteiger partial charge in [-0.05, 0) is 17.7 Å². The van der Waals surface area contributed by atoms with Gasteiger partial charge in [0.05, 0.1) is 5.69 Å². The predicted octanol–water partition coefficient (Wildman–Crippen LogP) is 0.523. The first-order valence-electron chi connectivity index (χ1n) is 7.71. The van der Waals surface area contributed by atoms with Gasteiger partial charge >= 0.3 is 5.97 Å². The molecule has 0 radical (unpaired) electrons. The molecule has 4 rings (SSSR count). The van der Waals surface area contributed by atoms with E-state index in [-0.39, 0.29) is 18.1 Å². The lowest BCUT2D eigenvalue weighted by molar-refractivity contribution is -0.118. The first-order chi connectivity index (χ1) is 12.5. The Hall–Kier alpha value is -2.85. The molecule has 2 aliphatic rings. The summed E-state index contributed by atoms with van der Waals surface area (Å²) in [4.78, 5) is 36.8. The van der Waals surface area contributed by atoms with Crippen molar-refractivity contribution in [3.05, 3.63) is 45.9 Å². The number of carboxylic acids is 1. The molecule has 0 bridgehead atoms. The minimum Gasteiger partial charge on any atom is -0.482 e. The van der Waals surface area contributed by atoms with E-state index in [2.05, 4.69) is 10.3 Å². The number of fused-ring (bicyclic) bond motifs is 2. The molecule has 26 heavy (non-hydrogen) atoms. The van der Waals surface area contributed by atoms with Crippen LogP contribution in [-0.4, -0.2) is 38.9 Å². The van der Waals surface area contributed by atoms with Crippen molar-refractivity contribution in [2.75, 3.05) is 17.7 Å². The highest BCUT2D eigenvalue weighted by Gasteiger charge is 2.19. The molecule has 2 aromatic rings. The van der Waals surface area contributed by atoms with Gasteiger partial charge in [-0.2, -0.15) is 0 Å². The van der Waals surface area contributed by atoms with E-state index in [1.165, 1.54) is 16.3 Å². The Labute approximate surface area is 152 Å². The van der Waals surface area contributed by atoms with Gasteiger partial charge in [-0.25, -0.2) is 9.78 Å². The summed E-state index contributed by atoms with van der Waals surface area (Å²) in [5.41, 5.74) is 6.43. The second-order valence-corrected chi connectivity index (χ2v) is 6.50. The highest BCUT2D eigenvalue weighted by Crippen LogP contribution is 2.28. The molecule has 136 valence electrons. The lowest BCUT2D eigenvalue weighted by atomic mass is 10.1. The summed E-state index contributed by atoms with van der Waals surface area (Å²) in [7, 11) is 0. The standard InChI is InChI=1S/C9H10N2O2.C7H6N2O3S/c10-4-6-1-2-8-7(3-6)11-9(12)5-13-8;10-5-4(6(11)12)3-8-7-9(5)1-2-13-7/h1-3H,4-5,10H2,(H,11,12);3H,1-2H2,(H,11,12). The molecule has 0 aliphatic carbocycles. The maximum absolute atomic E-state index is 11.4. The number of hydrogen-bond acceptors (Lipinski definition) is 7. The lowest BCUT2D eigenvalue weighted by Crippen LogP contribution is -2.26. The van der Waals surface area contributed by atoms with Crippen molar-refractivity contribution in [2.24, 2.45) is 5.73 Å². The lowest BCUT2D eigenvalue weighted by Gasteiger charge is -2.18. The molecule has 1 aromatic carbocycles. The van der Waals surface area contributed by atoms with Crippen LogP contribution >= 0.6 is 11.8 Å². The quantitative estimate of drug-likeness (QED) is 0.646. The summed E-state index contributed by atoms with van der Waals surface area (Å²) in [5, 5.41) is 12.0. The van der Waals surface area contributed by atoms with Crippen LogP contribution < -0.4 is 21.3 Å². The highest BCUT2D eigenvalue weighted by molar-refractivity contribution is 7.99. The van der Waals surface area contributed by atoms with Crippen LogP contribution in [0.5, 0.6) is 5.75 Å². The maximum atomic E-state index is 11.4. The van der Waals surface area contributed by atoms with Crippen LogP contribution in [0, 0.1) is 0 Å². The van der Waals surface area contributed by atoms with E-state index in [0.717, 1.165) is 17.5 Å². The Bertz CT molecular complexity index is 927. The van der Waals surface area contributed by atoms with Crippen molar-refractivity contribution in [3.63, 3.8) is 0 Å². The largest absolute Gasteiger partial charge is 0.482 e. The average molecular weight is 376 g/mol. The molecule has 0 spiro atoms. The molecule has 0 saturated heterocycles. The number of anilines is 1. The molecule has 9 nitrogen and oxygen atoms in total. The van der Waals surface area contributed by atoms with Crippen LogP contribution in [0.4, 0.5) is 5.69 Å². The minimum absolute atomic E-state index is 0.0922. The highest BCUT2D eigenvalue weighted by atomic mass is 32.2. The predicted molar refractivity (Wildman–Crippen MR) is 94.6 cm³/mol. The fraction of sp³-hybridized carbons (Fsp3) is 0.250. The Morgan fingerprint density at radius 3 is 2.96 bits per heavy atom. The fourth-order valence-corrected chi connectivity index (χ4v) is 3.34. The van der Waals surface area contributed by atoms with Crippen LogP contribution in [0.15, 0.2) is 34.3 Å². The average Bonchev–Trinajstić information content (AvgIpc) is 3.11. The smallest absolute Gasteiger partial charge is 0.342 e. The number of nitrogens with two attached hydrogens (primary N) is 1. The van der Waals surface area contributed by atoms with E-state index in [1.54, 1.807) is 0 Å². The number of aromatic carboxylic acids is 1. The molecular formula is C16H16N4O5S. The van der Waals surface area contributed by atoms with Crippen molar-refractivity contribution < 1.29 is 19.4 Å². The van der Waals surface area contributed by atoms with E-state index in [0.29, 0.717) is 29.7 Å². The van der Waals surface area contributed by atoms with E-state index >= 15 is 0 Å². The summed E-state index contributed by atoms with van der Waals surface area (Å²) in [6.45, 7) is 1.10. The Kier molecular flexibility index (Phi) is 5.24. The van der Waals surface area contributed by atoms with Gasteiger partial charge in [0, 0.05) is 25.0 Å². The van der Waals surface area contributed by atoms with Gasteiger partial charge in [0.25, 0.3) is 11.5 Å². The third-order valence-corrected chi connectivity index (χ3v) is 4.67. The number of hydrogen-bond donors (Lipinski definition) is 3. The number of aromatic nitrogens is 2. The monoisotopic (exact) mass is 376 g/mol. The summed E-state index contributed by atoms with van der Waals surface area (Å²) in [5.74, 6) is 0.147. The van der Waals surface area contributed by atoms with Crippen LogP contribution in [0.25, 0.3) is 0 Å². The summed E-state index contributed by atoms with van der Waals surface area (Å²) in [6, 6.07) is 5.53. The van der Waals surface area contributed by atoms with E-state index in [4.69, 9.17) is 15.6 Å². The van der Waals surface area contributed by atoms with Gasteiger partial charge in [-0.3, -0.25) is 14.2 Å². The second-order valence-electron chi connectivity index (χ2n) is 5.44. The van der Waals surface area contributed by atoms with E-state index < -0.39 is 11.5 Å². The van der Waals surface area contributed by atoms with Gasteiger partial charge in [0.15, 0.2) is 11.8 Å². The SMILES string of the molecule is NCc1ccc2c(c1)NC(=O)CO2.O=C(O)c1cnc2n(c1=O)CCS2. The number of carbonyl (C=O) groups excluding carboxylic acids is 1. The van der Waals surface area contributed by atoms with E-state index in [1.807, 2.05) is 18.2 Å². The van der Waals surface area contributed by atoms with Crippen LogP contribution in [-0.2, 0) is 17.9 Å². The molecule has 10 heteroatoms. The Morgan fingerprint density at radius 1 is 1.42 bits per heavy atom. The minimum atomic E-state index is -1.22. The molecule has 0 fully saturated rings. The molecule has 2 aliphatic heterocycles. The number of nitrogens with one attached hydrogen (secondary N) is 1. The van der Waals surface area contributed by atoms with Gasteiger partial charge in [0.2, 0.25) is 0 Å². The zero-order valence-electron chi connectivity index (χ0n) is 13.6. The first kappa shape index (κ1) is 18.0. The maximum Gasteiger partial charge on any atom is 0.342 e. The van der Waals surface area contributed by atoms with Crippen LogP contribution in [0.2, 0.25) is 0 Å². The summed E-state index contributed by atoms with van der Waals surface area (Å²) >= 11 is 1.46. The number of nitrogens with zero attached hydrogens (tertiary/aromatic N) is 2. The number of carboxylic acid groups (broad SMARTS) is 1. The molecule has 0 unspecified atom stereocenters. The third kappa shape index (κ3) is 3.70. The summed E-state index contributed by atoms with van der Waals surface area (Å²) < 4.78 is 6.58. The molecule has 4 N–H and O–H groups in total. The zero-order chi connectivity index (χ0) is 18.7. The zero-order valence-corrected chi connectivity index (χ0v) is 14.4. The molecule has 0 atom stereocenters. The molecule has 1 aromatic heterocycles. The van der Waals surface area contributed by atoms with Crippen molar-refractivity contribution in [1.29, 1.82) is 0 Å². The van der Waals surface area contributed by atoms with Gasteiger partial charge in [-0.1, -0.05) is 17.8 Å². The number of thioether (sulfide) groups is 1. The Morgan fingerprint density at radius 2 is 2.23 bits per heavy atom. The van der Waals surface area contributed by atoms with Gasteiger partial charge in [-0.15, -0.1) is 0 Å². The number of rotatable bonds is 2. The number of amides is 1. The topological polar surface area (TPSA) is 137 Å². The van der Waals surface area contributed by atoms with Gasteiger partial charge in [0.1, 0.15) is 11.3 Å². The molecule has 0 saturated carbocycles. The third-order valence-electron chi connectivity index (χ3n) is 3.70. The number of carbonyl (C=O) groups is 2. The first-order valence-corrected chi connectivity index (χ1v) is 8.69. The van der Waals surface area contributed by atoms with Crippen LogP contribution in [0.3, 0.4) is 0 Å². The van der Waals surface area contributed by atoms with Crippen molar-refractivity contribution >= 4 is 29.3 Å². The van der Waals surface area contributed by atoms with Crippen molar-refractivity contribution in [2.45, 2.75) is 18.2 Å². The van der Waals surface area contributed by atoms with Crippen molar-refractivity contribution in [3.8, 4) is 5.75 Å². The number of ether oxygens (including phenoxy) is 1. The second kappa shape index (κ2) is 7.58. The van der Waals surface area contributed by atoms with Gasteiger partial charge < -0.3 is 20.9 Å². The normalized spacial score (nSPS) is 14.3. The van der Waals surface area contributed by atoms with E-state index in [9.17, 15) is 14.4 Å².